The number of carbonyl (C=O) groups excluding carboxylic acids is 2. The number of halogens is 1. The van der Waals surface area contributed by atoms with Gasteiger partial charge in [0.05, 0.1) is 0 Å². The van der Waals surface area contributed by atoms with E-state index in [2.05, 4.69) is 28.7 Å². The fourth-order valence-electron chi connectivity index (χ4n) is 1.94. The average molecular weight is 526 g/mol. The van der Waals surface area contributed by atoms with Crippen molar-refractivity contribution in [1.29, 1.82) is 0 Å². The summed E-state index contributed by atoms with van der Waals surface area (Å²) in [5.74, 6) is 0. The summed E-state index contributed by atoms with van der Waals surface area (Å²) in [5.41, 5.74) is 0. The molecule has 0 aromatic heterocycles. The summed E-state index contributed by atoms with van der Waals surface area (Å²) in [6, 6.07) is 0. The number of hydrogen-bond acceptors (Lipinski definition) is 8. The summed E-state index contributed by atoms with van der Waals surface area (Å²) >= 11 is 5.00. The van der Waals surface area contributed by atoms with E-state index in [1.165, 1.54) is 69.6 Å². The van der Waals surface area contributed by atoms with Crippen molar-refractivity contribution in [3.05, 3.63) is 0 Å². The van der Waals surface area contributed by atoms with Crippen LogP contribution in [0.4, 0.5) is 9.59 Å². The van der Waals surface area contributed by atoms with Gasteiger partial charge in [-0.3, -0.25) is 0 Å². The van der Waals surface area contributed by atoms with E-state index in [0.29, 0.717) is 0 Å². The van der Waals surface area contributed by atoms with Gasteiger partial charge >= 0.3 is 152 Å². The van der Waals surface area contributed by atoms with E-state index < -0.39 is 8.99 Å². The number of carbonyl (C=O) groups is 2. The monoisotopic (exact) mass is 526 g/mol. The van der Waals surface area contributed by atoms with Gasteiger partial charge in [0.15, 0.2) is 0 Å². The molecule has 0 aromatic carbocycles. The van der Waals surface area contributed by atoms with E-state index in [4.69, 9.17) is 0 Å². The predicted molar refractivity (Wildman–Crippen MR) is 103 cm³/mol. The van der Waals surface area contributed by atoms with E-state index in [1.807, 2.05) is 0 Å². The van der Waals surface area contributed by atoms with Crippen molar-refractivity contribution in [3.8, 4) is 0 Å². The predicted octanol–water partition coefficient (Wildman–Crippen LogP) is 4.60. The van der Waals surface area contributed by atoms with Crippen LogP contribution in [0, 0.1) is 0 Å². The first-order valence-corrected chi connectivity index (χ1v) is 19.8. The number of nitrogens with zero attached hydrogens (tertiary/aromatic N) is 2. The first-order chi connectivity index (χ1) is 9.63. The Labute approximate surface area is 150 Å². The number of hydrogen-bond donors (Lipinski definition) is 0. The van der Waals surface area contributed by atoms with Crippen LogP contribution in [-0.4, -0.2) is 52.7 Å². The van der Waals surface area contributed by atoms with E-state index in [9.17, 15) is 9.59 Å². The van der Waals surface area contributed by atoms with Crippen LogP contribution in [0.3, 0.4) is 0 Å². The molecular weight excluding hydrogens is 510 g/mol. The molecule has 0 bridgehead atoms. The zero-order valence-corrected chi connectivity index (χ0v) is 18.1. The van der Waals surface area contributed by atoms with Gasteiger partial charge in [0.25, 0.3) is 0 Å². The molecule has 2 saturated heterocycles. The SMILES string of the molecule is O=C(SN1CCCC1)S[As](I)SC(=O)SN1CCCC1. The van der Waals surface area contributed by atoms with Crippen LogP contribution in [-0.2, 0) is 0 Å². The maximum atomic E-state index is 11.9. The Hall–Kier alpha value is 1.95. The summed E-state index contributed by atoms with van der Waals surface area (Å²) in [5, 5.41) is 0. The zero-order chi connectivity index (χ0) is 14.4. The second-order valence-corrected chi connectivity index (χ2v) is 28.1. The van der Waals surface area contributed by atoms with Crippen LogP contribution in [0.25, 0.3) is 0 Å². The summed E-state index contributed by atoms with van der Waals surface area (Å²) < 4.78 is 4.60. The molecule has 0 aromatic rings. The molecule has 0 spiro atoms. The molecule has 0 atom stereocenters. The standard InChI is InChI=1S/C10H16AsIN2O2S4/c12-11(17-9(15)19-13-5-1-2-6-13)18-10(16)20-14-7-3-4-8-14/h1-8H2. The first-order valence-electron chi connectivity index (χ1n) is 6.39. The van der Waals surface area contributed by atoms with Crippen molar-refractivity contribution >= 4 is 82.0 Å². The number of rotatable bonds is 4. The molecular formula is C10H16AsIN2O2S4. The second-order valence-electron chi connectivity index (χ2n) is 4.35. The minimum absolute atomic E-state index is 0.160. The molecule has 2 aliphatic rings. The van der Waals surface area contributed by atoms with Gasteiger partial charge in [0, 0.05) is 0 Å². The van der Waals surface area contributed by atoms with Gasteiger partial charge in [-0.2, -0.15) is 0 Å². The molecule has 2 fully saturated rings. The molecule has 0 radical (unpaired) electrons. The van der Waals surface area contributed by atoms with E-state index in [0.717, 1.165) is 26.2 Å². The first kappa shape index (κ1) is 18.3. The van der Waals surface area contributed by atoms with E-state index in [1.54, 1.807) is 0 Å². The van der Waals surface area contributed by atoms with Crippen molar-refractivity contribution in [1.82, 2.24) is 8.61 Å². The summed E-state index contributed by atoms with van der Waals surface area (Å²) in [7, 11) is 1.30. The molecule has 0 unspecified atom stereocenters. The molecule has 10 heteroatoms. The Morgan fingerprint density at radius 3 is 1.50 bits per heavy atom. The molecule has 2 heterocycles. The van der Waals surface area contributed by atoms with Crippen LogP contribution in [0.1, 0.15) is 25.7 Å². The van der Waals surface area contributed by atoms with Crippen LogP contribution in [0.2, 0.25) is 0 Å². The Morgan fingerprint density at radius 2 is 1.15 bits per heavy atom. The van der Waals surface area contributed by atoms with Gasteiger partial charge < -0.3 is 0 Å². The molecule has 0 N–H and O–H groups in total. The van der Waals surface area contributed by atoms with Crippen LogP contribution in [0.5, 0.6) is 0 Å². The van der Waals surface area contributed by atoms with Crippen LogP contribution >= 0.6 is 64.1 Å². The van der Waals surface area contributed by atoms with Crippen molar-refractivity contribution < 1.29 is 9.59 Å². The molecule has 0 aliphatic carbocycles. The summed E-state index contributed by atoms with van der Waals surface area (Å²) in [6.45, 7) is 4.06. The van der Waals surface area contributed by atoms with E-state index >= 15 is 0 Å². The third kappa shape index (κ3) is 7.02. The molecule has 0 amide bonds. The fourth-order valence-corrected chi connectivity index (χ4v) is 23.6. The van der Waals surface area contributed by atoms with Gasteiger partial charge in [-0.1, -0.05) is 0 Å². The summed E-state index contributed by atoms with van der Waals surface area (Å²) in [4.78, 5) is 23.8. The zero-order valence-electron chi connectivity index (χ0n) is 10.8. The van der Waals surface area contributed by atoms with Gasteiger partial charge in [-0.05, 0) is 0 Å². The Morgan fingerprint density at radius 1 is 0.800 bits per heavy atom. The molecule has 20 heavy (non-hydrogen) atoms. The second kappa shape index (κ2) is 9.95. The Bertz CT molecular complexity index is 322. The summed E-state index contributed by atoms with van der Waals surface area (Å²) in [6.07, 6.45) is 4.76. The molecule has 2 aliphatic heterocycles. The normalized spacial score (nSPS) is 20.9. The Balaban J connectivity index is 1.61. The van der Waals surface area contributed by atoms with Crippen molar-refractivity contribution in [2.75, 3.05) is 26.2 Å². The minimum atomic E-state index is -1.50. The molecule has 2 rings (SSSR count). The Kier molecular flexibility index (Phi) is 9.10. The van der Waals surface area contributed by atoms with Gasteiger partial charge in [0.2, 0.25) is 0 Å². The molecule has 114 valence electrons. The third-order valence-corrected chi connectivity index (χ3v) is 19.9. The van der Waals surface area contributed by atoms with E-state index in [-0.39, 0.29) is 8.89 Å². The average Bonchev–Trinajstić information content (AvgIpc) is 3.01. The maximum absolute atomic E-state index is 11.9. The van der Waals surface area contributed by atoms with Crippen molar-refractivity contribution in [2.24, 2.45) is 0 Å². The van der Waals surface area contributed by atoms with Crippen molar-refractivity contribution in [2.45, 2.75) is 25.7 Å². The topological polar surface area (TPSA) is 40.6 Å². The van der Waals surface area contributed by atoms with Crippen LogP contribution in [0.15, 0.2) is 0 Å². The van der Waals surface area contributed by atoms with Gasteiger partial charge in [0.1, 0.15) is 0 Å². The third-order valence-electron chi connectivity index (χ3n) is 2.83. The molecule has 0 saturated carbocycles. The van der Waals surface area contributed by atoms with Gasteiger partial charge in [-0.15, -0.1) is 0 Å². The van der Waals surface area contributed by atoms with Gasteiger partial charge in [-0.25, -0.2) is 0 Å². The molecule has 4 nitrogen and oxygen atoms in total. The van der Waals surface area contributed by atoms with Crippen molar-refractivity contribution in [3.63, 3.8) is 0 Å². The van der Waals surface area contributed by atoms with Crippen LogP contribution < -0.4 is 0 Å². The fraction of sp³-hybridized carbons (Fsp3) is 0.800. The quantitative estimate of drug-likeness (QED) is 0.299.